The average molecular weight is 302 g/mol. The molecule has 0 heterocycles. The SMILES string of the molecule is CCOc1ccccc1C(=O)O/N=C(\N)c1ccc(F)cc1. The first-order valence-electron chi connectivity index (χ1n) is 6.64. The van der Waals surface area contributed by atoms with Crippen LogP contribution >= 0.6 is 0 Å². The zero-order valence-corrected chi connectivity index (χ0v) is 12.0. The van der Waals surface area contributed by atoms with Crippen molar-refractivity contribution in [2.75, 3.05) is 6.61 Å². The smallest absolute Gasteiger partial charge is 0.369 e. The number of para-hydroxylation sites is 1. The predicted octanol–water partition coefficient (Wildman–Crippen LogP) is 2.70. The molecule has 0 aliphatic heterocycles. The molecule has 0 bridgehead atoms. The zero-order valence-electron chi connectivity index (χ0n) is 12.0. The van der Waals surface area contributed by atoms with Crippen molar-refractivity contribution in [1.82, 2.24) is 0 Å². The molecule has 0 aliphatic carbocycles. The summed E-state index contributed by atoms with van der Waals surface area (Å²) < 4.78 is 18.2. The maximum absolute atomic E-state index is 12.8. The van der Waals surface area contributed by atoms with Crippen LogP contribution in [0, 0.1) is 5.82 Å². The van der Waals surface area contributed by atoms with Gasteiger partial charge in [0.2, 0.25) is 0 Å². The molecule has 0 spiro atoms. The second-order valence-corrected chi connectivity index (χ2v) is 4.29. The summed E-state index contributed by atoms with van der Waals surface area (Å²) in [4.78, 5) is 16.8. The monoisotopic (exact) mass is 302 g/mol. The van der Waals surface area contributed by atoms with E-state index in [-0.39, 0.29) is 17.2 Å². The number of oxime groups is 1. The molecule has 6 heteroatoms. The van der Waals surface area contributed by atoms with Crippen molar-refractivity contribution in [1.29, 1.82) is 0 Å². The number of ether oxygens (including phenoxy) is 1. The Balaban J connectivity index is 2.12. The van der Waals surface area contributed by atoms with Gasteiger partial charge in [-0.25, -0.2) is 9.18 Å². The summed E-state index contributed by atoms with van der Waals surface area (Å²) in [5.41, 5.74) is 6.39. The van der Waals surface area contributed by atoms with Gasteiger partial charge in [0.1, 0.15) is 17.1 Å². The minimum absolute atomic E-state index is 0.0257. The summed E-state index contributed by atoms with van der Waals surface area (Å²) in [5.74, 6) is -0.693. The van der Waals surface area contributed by atoms with E-state index < -0.39 is 5.97 Å². The predicted molar refractivity (Wildman–Crippen MR) is 80.2 cm³/mol. The molecule has 22 heavy (non-hydrogen) atoms. The molecule has 0 amide bonds. The number of halogens is 1. The van der Waals surface area contributed by atoms with E-state index in [2.05, 4.69) is 5.16 Å². The molecule has 0 aliphatic rings. The Labute approximate surface area is 127 Å². The first kappa shape index (κ1) is 15.5. The first-order valence-corrected chi connectivity index (χ1v) is 6.64. The largest absolute Gasteiger partial charge is 0.493 e. The second-order valence-electron chi connectivity index (χ2n) is 4.29. The van der Waals surface area contributed by atoms with Crippen molar-refractivity contribution in [2.24, 2.45) is 10.9 Å². The Morgan fingerprint density at radius 2 is 1.86 bits per heavy atom. The number of rotatable bonds is 5. The number of hydrogen-bond donors (Lipinski definition) is 1. The van der Waals surface area contributed by atoms with Gasteiger partial charge in [0, 0.05) is 5.56 Å². The van der Waals surface area contributed by atoms with Gasteiger partial charge in [0.05, 0.1) is 6.61 Å². The molecule has 0 fully saturated rings. The van der Waals surface area contributed by atoms with Crippen LogP contribution in [0.25, 0.3) is 0 Å². The summed E-state index contributed by atoms with van der Waals surface area (Å²) in [7, 11) is 0. The molecule has 0 unspecified atom stereocenters. The van der Waals surface area contributed by atoms with Crippen LogP contribution in [0.5, 0.6) is 5.75 Å². The lowest BCUT2D eigenvalue weighted by Gasteiger charge is -2.07. The Kier molecular flexibility index (Phi) is 5.08. The number of benzene rings is 2. The molecule has 0 saturated heterocycles. The van der Waals surface area contributed by atoms with Gasteiger partial charge in [-0.1, -0.05) is 17.3 Å². The van der Waals surface area contributed by atoms with Gasteiger partial charge in [-0.15, -0.1) is 0 Å². The Hall–Kier alpha value is -2.89. The van der Waals surface area contributed by atoms with Crippen molar-refractivity contribution >= 4 is 11.8 Å². The lowest BCUT2D eigenvalue weighted by Crippen LogP contribution is -2.15. The van der Waals surface area contributed by atoms with Gasteiger partial charge in [-0.2, -0.15) is 0 Å². The van der Waals surface area contributed by atoms with E-state index in [9.17, 15) is 9.18 Å². The van der Waals surface area contributed by atoms with Crippen LogP contribution in [0.1, 0.15) is 22.8 Å². The molecule has 2 aromatic rings. The third-order valence-electron chi connectivity index (χ3n) is 2.77. The van der Waals surface area contributed by atoms with Crippen molar-refractivity contribution in [3.8, 4) is 5.75 Å². The lowest BCUT2D eigenvalue weighted by atomic mass is 10.2. The second kappa shape index (κ2) is 7.21. The molecule has 2 aromatic carbocycles. The van der Waals surface area contributed by atoms with E-state index in [1.165, 1.54) is 24.3 Å². The summed E-state index contributed by atoms with van der Waals surface area (Å²) in [6.45, 7) is 2.23. The molecule has 114 valence electrons. The Morgan fingerprint density at radius 1 is 1.18 bits per heavy atom. The summed E-state index contributed by atoms with van der Waals surface area (Å²) in [6, 6.07) is 12.0. The molecular weight excluding hydrogens is 287 g/mol. The number of carbonyl (C=O) groups is 1. The highest BCUT2D eigenvalue weighted by Crippen LogP contribution is 2.19. The first-order chi connectivity index (χ1) is 10.6. The standard InChI is InChI=1S/C16H15FN2O3/c1-2-21-14-6-4-3-5-13(14)16(20)22-19-15(18)11-7-9-12(17)10-8-11/h3-10H,2H2,1H3,(H2,18,19). The van der Waals surface area contributed by atoms with Crippen molar-refractivity contribution in [3.05, 3.63) is 65.5 Å². The normalized spacial score (nSPS) is 11.1. The molecule has 0 atom stereocenters. The van der Waals surface area contributed by atoms with Crippen LogP contribution in [0.15, 0.2) is 53.7 Å². The van der Waals surface area contributed by atoms with Crippen LogP contribution in [0.4, 0.5) is 4.39 Å². The number of hydrogen-bond acceptors (Lipinski definition) is 4. The van der Waals surface area contributed by atoms with Gasteiger partial charge >= 0.3 is 5.97 Å². The van der Waals surface area contributed by atoms with Gasteiger partial charge < -0.3 is 15.3 Å². The van der Waals surface area contributed by atoms with E-state index in [0.29, 0.717) is 17.9 Å². The molecule has 0 aromatic heterocycles. The lowest BCUT2D eigenvalue weighted by molar-refractivity contribution is 0.0511. The van der Waals surface area contributed by atoms with E-state index in [4.69, 9.17) is 15.3 Å². The fraction of sp³-hybridized carbons (Fsp3) is 0.125. The number of amidine groups is 1. The van der Waals surface area contributed by atoms with Gasteiger partial charge in [-0.3, -0.25) is 0 Å². The van der Waals surface area contributed by atoms with Crippen LogP contribution in [-0.4, -0.2) is 18.4 Å². The minimum Gasteiger partial charge on any atom is -0.493 e. The maximum Gasteiger partial charge on any atom is 0.369 e. The zero-order chi connectivity index (χ0) is 15.9. The number of carbonyl (C=O) groups excluding carboxylic acids is 1. The summed E-state index contributed by atoms with van der Waals surface area (Å²) >= 11 is 0. The van der Waals surface area contributed by atoms with Gasteiger partial charge in [-0.05, 0) is 43.3 Å². The highest BCUT2D eigenvalue weighted by Gasteiger charge is 2.14. The fourth-order valence-electron chi connectivity index (χ4n) is 1.73. The molecule has 0 radical (unpaired) electrons. The maximum atomic E-state index is 12.8. The van der Waals surface area contributed by atoms with E-state index >= 15 is 0 Å². The van der Waals surface area contributed by atoms with Crippen molar-refractivity contribution in [2.45, 2.75) is 6.92 Å². The topological polar surface area (TPSA) is 73.9 Å². The Bertz CT molecular complexity index is 684. The van der Waals surface area contributed by atoms with Crippen LogP contribution in [0.3, 0.4) is 0 Å². The number of nitrogens with two attached hydrogens (primary N) is 1. The van der Waals surface area contributed by atoms with Crippen LogP contribution in [-0.2, 0) is 4.84 Å². The third kappa shape index (κ3) is 3.82. The van der Waals surface area contributed by atoms with E-state index in [1.54, 1.807) is 24.3 Å². The van der Waals surface area contributed by atoms with Gasteiger partial charge in [0.15, 0.2) is 5.84 Å². The van der Waals surface area contributed by atoms with Crippen molar-refractivity contribution < 1.29 is 18.8 Å². The van der Waals surface area contributed by atoms with E-state index in [1.807, 2.05) is 6.92 Å². The van der Waals surface area contributed by atoms with Crippen LogP contribution in [0.2, 0.25) is 0 Å². The van der Waals surface area contributed by atoms with Gasteiger partial charge in [0.25, 0.3) is 0 Å². The van der Waals surface area contributed by atoms with Crippen molar-refractivity contribution in [3.63, 3.8) is 0 Å². The summed E-state index contributed by atoms with van der Waals surface area (Å²) in [5, 5.41) is 3.57. The highest BCUT2D eigenvalue weighted by molar-refractivity contribution is 5.98. The molecule has 2 rings (SSSR count). The quantitative estimate of drug-likeness (QED) is 0.399. The molecule has 0 saturated carbocycles. The minimum atomic E-state index is -0.686. The molecule has 5 nitrogen and oxygen atoms in total. The number of nitrogens with zero attached hydrogens (tertiary/aromatic N) is 1. The third-order valence-corrected chi connectivity index (χ3v) is 2.77. The fourth-order valence-corrected chi connectivity index (χ4v) is 1.73. The highest BCUT2D eigenvalue weighted by atomic mass is 19.1. The van der Waals surface area contributed by atoms with Crippen LogP contribution < -0.4 is 10.5 Å². The van der Waals surface area contributed by atoms with E-state index in [0.717, 1.165) is 0 Å². The molecule has 2 N–H and O–H groups in total. The average Bonchev–Trinajstić information content (AvgIpc) is 2.54. The Morgan fingerprint density at radius 3 is 2.55 bits per heavy atom. The molecular formula is C16H15FN2O3. The summed E-state index contributed by atoms with van der Waals surface area (Å²) in [6.07, 6.45) is 0.